The first-order valence-corrected chi connectivity index (χ1v) is 9.31. The molecule has 2 heterocycles. The number of hydrogen-bond acceptors (Lipinski definition) is 2. The van der Waals surface area contributed by atoms with Crippen LogP contribution in [0.25, 0.3) is 0 Å². The summed E-state index contributed by atoms with van der Waals surface area (Å²) in [6.07, 6.45) is 10.6. The number of nitrogens with zero attached hydrogens (tertiary/aromatic N) is 1. The number of amides is 1. The monoisotopic (exact) mass is 290 g/mol. The highest BCUT2D eigenvalue weighted by atomic mass is 16.2. The van der Waals surface area contributed by atoms with Gasteiger partial charge in [-0.3, -0.25) is 4.79 Å². The van der Waals surface area contributed by atoms with Crippen LogP contribution in [-0.2, 0) is 4.79 Å². The Balaban J connectivity index is 1.36. The molecule has 2 saturated heterocycles. The molecule has 2 saturated carbocycles. The number of fused-ring (bicyclic) bond motifs is 2. The van der Waals surface area contributed by atoms with Gasteiger partial charge in [0.15, 0.2) is 0 Å². The highest BCUT2D eigenvalue weighted by Crippen LogP contribution is 2.43. The lowest BCUT2D eigenvalue weighted by Crippen LogP contribution is -2.47. The van der Waals surface area contributed by atoms with Gasteiger partial charge in [-0.1, -0.05) is 25.7 Å². The van der Waals surface area contributed by atoms with E-state index >= 15 is 0 Å². The number of carbonyl (C=O) groups excluding carboxylic acids is 1. The molecule has 5 unspecified atom stereocenters. The predicted molar refractivity (Wildman–Crippen MR) is 83.8 cm³/mol. The van der Waals surface area contributed by atoms with Crippen molar-refractivity contribution in [1.82, 2.24) is 10.2 Å². The molecule has 0 bridgehead atoms. The summed E-state index contributed by atoms with van der Waals surface area (Å²) in [5.41, 5.74) is 0. The highest BCUT2D eigenvalue weighted by Gasteiger charge is 2.39. The summed E-state index contributed by atoms with van der Waals surface area (Å²) in [4.78, 5) is 15.1. The molecule has 0 radical (unpaired) electrons. The summed E-state index contributed by atoms with van der Waals surface area (Å²) < 4.78 is 0. The second-order valence-corrected chi connectivity index (χ2v) is 8.07. The fourth-order valence-electron chi connectivity index (χ4n) is 5.59. The molecule has 4 aliphatic rings. The van der Waals surface area contributed by atoms with Gasteiger partial charge in [0.1, 0.15) is 0 Å². The van der Waals surface area contributed by atoms with E-state index in [1.807, 2.05) is 0 Å². The number of piperidine rings is 1. The molecule has 5 atom stereocenters. The van der Waals surface area contributed by atoms with Crippen LogP contribution in [-0.4, -0.2) is 37.0 Å². The molecule has 4 rings (SSSR count). The lowest BCUT2D eigenvalue weighted by atomic mass is 9.67. The van der Waals surface area contributed by atoms with Crippen molar-refractivity contribution in [2.45, 2.75) is 51.4 Å². The van der Waals surface area contributed by atoms with Crippen molar-refractivity contribution in [2.75, 3.05) is 26.2 Å². The molecular weight excluding hydrogens is 260 g/mol. The highest BCUT2D eigenvalue weighted by molar-refractivity contribution is 5.79. The lowest BCUT2D eigenvalue weighted by Gasteiger charge is -2.42. The molecular formula is C18H30N2O. The van der Waals surface area contributed by atoms with Crippen molar-refractivity contribution >= 4 is 5.91 Å². The number of likely N-dealkylation sites (tertiary alicyclic amines) is 1. The van der Waals surface area contributed by atoms with E-state index in [9.17, 15) is 4.79 Å². The van der Waals surface area contributed by atoms with Crippen LogP contribution in [0.5, 0.6) is 0 Å². The Morgan fingerprint density at radius 3 is 2.57 bits per heavy atom. The van der Waals surface area contributed by atoms with Crippen molar-refractivity contribution < 1.29 is 4.79 Å². The Bertz CT molecular complexity index is 397. The van der Waals surface area contributed by atoms with Crippen LogP contribution in [0.15, 0.2) is 0 Å². The minimum absolute atomic E-state index is 0.357. The van der Waals surface area contributed by atoms with E-state index in [2.05, 4.69) is 10.2 Å². The smallest absolute Gasteiger partial charge is 0.225 e. The van der Waals surface area contributed by atoms with Gasteiger partial charge in [0, 0.05) is 19.0 Å². The van der Waals surface area contributed by atoms with Gasteiger partial charge in [0.05, 0.1) is 0 Å². The van der Waals surface area contributed by atoms with Crippen molar-refractivity contribution in [1.29, 1.82) is 0 Å². The van der Waals surface area contributed by atoms with Crippen LogP contribution in [0.4, 0.5) is 0 Å². The van der Waals surface area contributed by atoms with Gasteiger partial charge >= 0.3 is 0 Å². The van der Waals surface area contributed by atoms with E-state index in [0.29, 0.717) is 11.8 Å². The van der Waals surface area contributed by atoms with Gasteiger partial charge in [-0.2, -0.15) is 0 Å². The summed E-state index contributed by atoms with van der Waals surface area (Å²) in [6, 6.07) is 0. The Morgan fingerprint density at radius 1 is 0.857 bits per heavy atom. The van der Waals surface area contributed by atoms with Crippen LogP contribution in [0, 0.1) is 29.6 Å². The molecule has 3 nitrogen and oxygen atoms in total. The Labute approximate surface area is 128 Å². The minimum Gasteiger partial charge on any atom is -0.342 e. The van der Waals surface area contributed by atoms with Gasteiger partial charge in [0.25, 0.3) is 0 Å². The van der Waals surface area contributed by atoms with E-state index in [1.54, 1.807) is 0 Å². The standard InChI is InChI=1S/C18H30N2O/c21-18(20-8-7-16-10-19-11-17(16)12-20)15-6-5-13-3-1-2-4-14(13)9-15/h13-17,19H,1-12H2. The first-order valence-electron chi connectivity index (χ1n) is 9.31. The van der Waals surface area contributed by atoms with E-state index in [0.717, 1.165) is 43.3 Å². The largest absolute Gasteiger partial charge is 0.342 e. The van der Waals surface area contributed by atoms with E-state index in [-0.39, 0.29) is 0 Å². The van der Waals surface area contributed by atoms with Crippen LogP contribution in [0.3, 0.4) is 0 Å². The maximum atomic E-state index is 12.9. The number of rotatable bonds is 1. The average molecular weight is 290 g/mol. The Kier molecular flexibility index (Phi) is 3.95. The van der Waals surface area contributed by atoms with Crippen molar-refractivity contribution in [3.63, 3.8) is 0 Å². The zero-order chi connectivity index (χ0) is 14.2. The molecule has 2 aliphatic carbocycles. The maximum Gasteiger partial charge on any atom is 0.225 e. The van der Waals surface area contributed by atoms with E-state index in [1.165, 1.54) is 57.9 Å². The number of hydrogen-bond donors (Lipinski definition) is 1. The first-order chi connectivity index (χ1) is 10.3. The average Bonchev–Trinajstić information content (AvgIpc) is 3.01. The van der Waals surface area contributed by atoms with E-state index < -0.39 is 0 Å². The summed E-state index contributed by atoms with van der Waals surface area (Å²) in [5.74, 6) is 4.25. The van der Waals surface area contributed by atoms with Gasteiger partial charge in [-0.15, -0.1) is 0 Å². The zero-order valence-electron chi connectivity index (χ0n) is 13.2. The van der Waals surface area contributed by atoms with Gasteiger partial charge in [-0.05, 0) is 62.4 Å². The molecule has 1 N–H and O–H groups in total. The molecule has 0 aromatic carbocycles. The summed E-state index contributed by atoms with van der Waals surface area (Å²) in [5, 5.41) is 3.50. The predicted octanol–water partition coefficient (Wildman–Crippen LogP) is 2.66. The molecule has 1 amide bonds. The van der Waals surface area contributed by atoms with Gasteiger partial charge in [0.2, 0.25) is 5.91 Å². The molecule has 118 valence electrons. The second-order valence-electron chi connectivity index (χ2n) is 8.07. The summed E-state index contributed by atoms with van der Waals surface area (Å²) in [7, 11) is 0. The molecule has 3 heteroatoms. The molecule has 21 heavy (non-hydrogen) atoms. The second kappa shape index (κ2) is 5.91. The van der Waals surface area contributed by atoms with Crippen LogP contribution in [0.2, 0.25) is 0 Å². The maximum absolute atomic E-state index is 12.9. The molecule has 0 spiro atoms. The third kappa shape index (κ3) is 2.74. The quantitative estimate of drug-likeness (QED) is 0.805. The Morgan fingerprint density at radius 2 is 1.67 bits per heavy atom. The van der Waals surface area contributed by atoms with Crippen molar-refractivity contribution in [3.8, 4) is 0 Å². The van der Waals surface area contributed by atoms with Crippen LogP contribution < -0.4 is 5.32 Å². The fraction of sp³-hybridized carbons (Fsp3) is 0.944. The minimum atomic E-state index is 0.357. The fourth-order valence-corrected chi connectivity index (χ4v) is 5.59. The van der Waals surface area contributed by atoms with Crippen molar-refractivity contribution in [2.24, 2.45) is 29.6 Å². The lowest BCUT2D eigenvalue weighted by molar-refractivity contribution is -0.140. The van der Waals surface area contributed by atoms with E-state index in [4.69, 9.17) is 0 Å². The van der Waals surface area contributed by atoms with Crippen LogP contribution in [0.1, 0.15) is 51.4 Å². The third-order valence-electron chi connectivity index (χ3n) is 6.91. The zero-order valence-corrected chi connectivity index (χ0v) is 13.2. The molecule has 0 aromatic heterocycles. The van der Waals surface area contributed by atoms with Crippen LogP contribution >= 0.6 is 0 Å². The third-order valence-corrected chi connectivity index (χ3v) is 6.91. The topological polar surface area (TPSA) is 32.3 Å². The number of carbonyl (C=O) groups is 1. The number of nitrogens with one attached hydrogen (secondary N) is 1. The SMILES string of the molecule is O=C(C1CCC2CCCCC2C1)N1CCC2CNCC2C1. The molecule has 0 aromatic rings. The summed E-state index contributed by atoms with van der Waals surface area (Å²) in [6.45, 7) is 4.36. The normalized spacial score (nSPS) is 43.2. The van der Waals surface area contributed by atoms with Gasteiger partial charge in [-0.25, -0.2) is 0 Å². The van der Waals surface area contributed by atoms with Gasteiger partial charge < -0.3 is 10.2 Å². The summed E-state index contributed by atoms with van der Waals surface area (Å²) >= 11 is 0. The Hall–Kier alpha value is -0.570. The molecule has 4 fully saturated rings. The van der Waals surface area contributed by atoms with Crippen molar-refractivity contribution in [3.05, 3.63) is 0 Å². The molecule has 2 aliphatic heterocycles. The first kappa shape index (κ1) is 14.0.